The molecule has 0 bridgehead atoms. The minimum Gasteiger partial charge on any atom is -0.388 e. The van der Waals surface area contributed by atoms with Crippen LogP contribution in [-0.2, 0) is 0 Å². The van der Waals surface area contributed by atoms with E-state index < -0.39 is 0 Å². The number of benzene rings is 1. The summed E-state index contributed by atoms with van der Waals surface area (Å²) in [4.78, 5) is 0.946. The lowest BCUT2D eigenvalue weighted by molar-refractivity contribution is 0.154. The van der Waals surface area contributed by atoms with Crippen molar-refractivity contribution < 1.29 is 5.11 Å². The van der Waals surface area contributed by atoms with Crippen molar-refractivity contribution in [2.24, 2.45) is 5.92 Å². The van der Waals surface area contributed by atoms with E-state index in [0.29, 0.717) is 5.92 Å². The van der Waals surface area contributed by atoms with E-state index in [9.17, 15) is 5.11 Å². The second-order valence-electron chi connectivity index (χ2n) is 3.37. The summed E-state index contributed by atoms with van der Waals surface area (Å²) in [6.07, 6.45) is 2.09. The van der Waals surface area contributed by atoms with E-state index in [4.69, 9.17) is 0 Å². The fraction of sp³-hybridized carbons (Fsp3) is 0.400. The molecule has 0 aromatic heterocycles. The summed E-state index contributed by atoms with van der Waals surface area (Å²) >= 11 is 4.19. The first-order valence-corrected chi connectivity index (χ1v) is 4.69. The molecule has 1 atom stereocenters. The third-order valence-electron chi connectivity index (χ3n) is 2.30. The standard InChI is InChI=1S/C10H12OS/c11-10(7-1-2-7)8-3-5-9(12)6-4-8/h3-7,10-12H,1-2H2. The minimum absolute atomic E-state index is 0.251. The molecule has 1 aliphatic carbocycles. The van der Waals surface area contributed by atoms with Gasteiger partial charge in [0.05, 0.1) is 6.10 Å². The normalized spacial score (nSPS) is 19.2. The van der Waals surface area contributed by atoms with E-state index in [2.05, 4.69) is 12.6 Å². The van der Waals surface area contributed by atoms with Crippen LogP contribution < -0.4 is 0 Å². The van der Waals surface area contributed by atoms with Crippen LogP contribution in [0.3, 0.4) is 0 Å². The Balaban J connectivity index is 2.16. The molecule has 0 radical (unpaired) electrons. The molecular formula is C10H12OS. The number of thiol groups is 1. The summed E-state index contributed by atoms with van der Waals surface area (Å²) < 4.78 is 0. The van der Waals surface area contributed by atoms with Gasteiger partial charge in [-0.15, -0.1) is 12.6 Å². The highest BCUT2D eigenvalue weighted by Gasteiger charge is 2.30. The largest absolute Gasteiger partial charge is 0.388 e. The highest BCUT2D eigenvalue weighted by molar-refractivity contribution is 7.80. The molecule has 0 spiro atoms. The predicted octanol–water partition coefficient (Wildman–Crippen LogP) is 2.42. The maximum Gasteiger partial charge on any atom is 0.0818 e. The fourth-order valence-corrected chi connectivity index (χ4v) is 1.50. The van der Waals surface area contributed by atoms with Crippen LogP contribution in [-0.4, -0.2) is 5.11 Å². The first-order chi connectivity index (χ1) is 5.77. The van der Waals surface area contributed by atoms with Gasteiger partial charge in [0, 0.05) is 4.90 Å². The van der Waals surface area contributed by atoms with Gasteiger partial charge in [-0.3, -0.25) is 0 Å². The van der Waals surface area contributed by atoms with Crippen LogP contribution in [0.15, 0.2) is 29.2 Å². The van der Waals surface area contributed by atoms with Crippen molar-refractivity contribution in [2.75, 3.05) is 0 Å². The van der Waals surface area contributed by atoms with Crippen molar-refractivity contribution in [3.63, 3.8) is 0 Å². The van der Waals surface area contributed by atoms with E-state index in [1.54, 1.807) is 0 Å². The van der Waals surface area contributed by atoms with Crippen molar-refractivity contribution in [2.45, 2.75) is 23.8 Å². The second-order valence-corrected chi connectivity index (χ2v) is 3.89. The molecule has 64 valence electrons. The van der Waals surface area contributed by atoms with Gasteiger partial charge in [-0.25, -0.2) is 0 Å². The Bertz CT molecular complexity index is 264. The lowest BCUT2D eigenvalue weighted by Gasteiger charge is -2.08. The lowest BCUT2D eigenvalue weighted by atomic mass is 10.1. The van der Waals surface area contributed by atoms with E-state index in [0.717, 1.165) is 10.5 Å². The number of hydrogen-bond acceptors (Lipinski definition) is 2. The minimum atomic E-state index is -0.251. The van der Waals surface area contributed by atoms with Crippen LogP contribution >= 0.6 is 12.6 Å². The smallest absolute Gasteiger partial charge is 0.0818 e. The Kier molecular flexibility index (Phi) is 2.11. The van der Waals surface area contributed by atoms with Crippen LogP contribution in [0.25, 0.3) is 0 Å². The van der Waals surface area contributed by atoms with Gasteiger partial charge in [-0.1, -0.05) is 12.1 Å². The molecule has 1 fully saturated rings. The Morgan fingerprint density at radius 1 is 1.25 bits per heavy atom. The molecule has 0 saturated heterocycles. The van der Waals surface area contributed by atoms with Gasteiger partial charge in [0.1, 0.15) is 0 Å². The molecule has 1 aromatic carbocycles. The Morgan fingerprint density at radius 3 is 2.33 bits per heavy atom. The van der Waals surface area contributed by atoms with Crippen molar-refractivity contribution >= 4 is 12.6 Å². The molecule has 0 aliphatic heterocycles. The quantitative estimate of drug-likeness (QED) is 0.670. The van der Waals surface area contributed by atoms with Crippen LogP contribution in [0.1, 0.15) is 24.5 Å². The summed E-state index contributed by atoms with van der Waals surface area (Å²) in [5.41, 5.74) is 1.02. The number of aliphatic hydroxyl groups excluding tert-OH is 1. The summed E-state index contributed by atoms with van der Waals surface area (Å²) in [6, 6.07) is 7.74. The Hall–Kier alpha value is -0.470. The maximum absolute atomic E-state index is 9.73. The first-order valence-electron chi connectivity index (χ1n) is 4.24. The zero-order valence-electron chi connectivity index (χ0n) is 6.77. The SMILES string of the molecule is OC(c1ccc(S)cc1)C1CC1. The highest BCUT2D eigenvalue weighted by Crippen LogP contribution is 2.40. The highest BCUT2D eigenvalue weighted by atomic mass is 32.1. The zero-order valence-corrected chi connectivity index (χ0v) is 7.67. The monoisotopic (exact) mass is 180 g/mol. The maximum atomic E-state index is 9.73. The van der Waals surface area contributed by atoms with Crippen LogP contribution in [0.4, 0.5) is 0 Å². The van der Waals surface area contributed by atoms with Gasteiger partial charge in [-0.05, 0) is 36.5 Å². The average Bonchev–Trinajstić information content (AvgIpc) is 2.87. The molecule has 0 amide bonds. The van der Waals surface area contributed by atoms with Crippen molar-refractivity contribution in [3.05, 3.63) is 29.8 Å². The lowest BCUT2D eigenvalue weighted by Crippen LogP contribution is -1.98. The first kappa shape index (κ1) is 8.14. The molecular weight excluding hydrogens is 168 g/mol. The molecule has 12 heavy (non-hydrogen) atoms. The topological polar surface area (TPSA) is 20.2 Å². The van der Waals surface area contributed by atoms with E-state index >= 15 is 0 Å². The van der Waals surface area contributed by atoms with Gasteiger partial charge >= 0.3 is 0 Å². The summed E-state index contributed by atoms with van der Waals surface area (Å²) in [7, 11) is 0. The summed E-state index contributed by atoms with van der Waals surface area (Å²) in [6.45, 7) is 0. The summed E-state index contributed by atoms with van der Waals surface area (Å²) in [5, 5.41) is 9.73. The van der Waals surface area contributed by atoms with Gasteiger partial charge in [0.15, 0.2) is 0 Å². The Labute approximate surface area is 77.8 Å². The average molecular weight is 180 g/mol. The van der Waals surface area contributed by atoms with E-state index in [1.165, 1.54) is 12.8 Å². The van der Waals surface area contributed by atoms with Gasteiger partial charge < -0.3 is 5.11 Å². The van der Waals surface area contributed by atoms with Crippen molar-refractivity contribution in [1.82, 2.24) is 0 Å². The summed E-state index contributed by atoms with van der Waals surface area (Å²) in [5.74, 6) is 0.510. The molecule has 1 nitrogen and oxygen atoms in total. The molecule has 1 unspecified atom stereocenters. The number of rotatable bonds is 2. The van der Waals surface area contributed by atoms with Crippen LogP contribution in [0.5, 0.6) is 0 Å². The Morgan fingerprint density at radius 2 is 1.83 bits per heavy atom. The van der Waals surface area contributed by atoms with E-state index in [-0.39, 0.29) is 6.10 Å². The van der Waals surface area contributed by atoms with Crippen LogP contribution in [0.2, 0.25) is 0 Å². The molecule has 1 saturated carbocycles. The van der Waals surface area contributed by atoms with Gasteiger partial charge in [-0.2, -0.15) is 0 Å². The van der Waals surface area contributed by atoms with Gasteiger partial charge in [0.25, 0.3) is 0 Å². The van der Waals surface area contributed by atoms with Crippen LogP contribution in [0, 0.1) is 5.92 Å². The molecule has 1 aliphatic rings. The number of hydrogen-bond donors (Lipinski definition) is 2. The zero-order chi connectivity index (χ0) is 8.55. The molecule has 1 N–H and O–H groups in total. The molecule has 2 rings (SSSR count). The second kappa shape index (κ2) is 3.11. The fourth-order valence-electron chi connectivity index (χ4n) is 1.36. The third kappa shape index (κ3) is 1.65. The third-order valence-corrected chi connectivity index (χ3v) is 2.60. The molecule has 1 aromatic rings. The van der Waals surface area contributed by atoms with Crippen molar-refractivity contribution in [3.8, 4) is 0 Å². The predicted molar refractivity (Wildman–Crippen MR) is 51.4 cm³/mol. The molecule has 0 heterocycles. The number of aliphatic hydroxyl groups is 1. The molecule has 2 heteroatoms. The van der Waals surface area contributed by atoms with Crippen molar-refractivity contribution in [1.29, 1.82) is 0 Å². The van der Waals surface area contributed by atoms with Gasteiger partial charge in [0.2, 0.25) is 0 Å². The van der Waals surface area contributed by atoms with E-state index in [1.807, 2.05) is 24.3 Å².